The summed E-state index contributed by atoms with van der Waals surface area (Å²) in [5, 5.41) is 3.15. The fraction of sp³-hybridized carbons (Fsp3) is 0.462. The van der Waals surface area contributed by atoms with Crippen molar-refractivity contribution in [2.24, 2.45) is 0 Å². The van der Waals surface area contributed by atoms with Crippen LogP contribution >= 0.6 is 0 Å². The number of rotatable bonds is 5. The van der Waals surface area contributed by atoms with E-state index in [1.807, 2.05) is 26.1 Å². The van der Waals surface area contributed by atoms with Gasteiger partial charge in [0, 0.05) is 12.5 Å². The maximum atomic E-state index is 11.1. The summed E-state index contributed by atoms with van der Waals surface area (Å²) in [5.41, 5.74) is 2.21. The smallest absolute Gasteiger partial charge is 0.131 e. The van der Waals surface area contributed by atoms with Crippen LogP contribution in [0.1, 0.15) is 30.5 Å². The number of nitrogens with one attached hydrogen (secondary N) is 1. The van der Waals surface area contributed by atoms with Crippen molar-refractivity contribution in [3.05, 3.63) is 29.3 Å². The summed E-state index contributed by atoms with van der Waals surface area (Å²) in [6, 6.07) is 6.08. The van der Waals surface area contributed by atoms with Gasteiger partial charge in [0.25, 0.3) is 0 Å². The van der Waals surface area contributed by atoms with Crippen molar-refractivity contribution >= 4 is 5.78 Å². The second-order valence-electron chi connectivity index (χ2n) is 3.98. The lowest BCUT2D eigenvalue weighted by Crippen LogP contribution is -2.19. The predicted molar refractivity (Wildman–Crippen MR) is 64.8 cm³/mol. The Labute approximate surface area is 96.8 Å². The number of aryl methyl sites for hydroxylation is 1. The Morgan fingerprint density at radius 2 is 2.19 bits per heavy atom. The fourth-order valence-corrected chi connectivity index (χ4v) is 1.79. The maximum Gasteiger partial charge on any atom is 0.131 e. The molecule has 0 aliphatic rings. The maximum absolute atomic E-state index is 11.1. The van der Waals surface area contributed by atoms with Gasteiger partial charge in [-0.3, -0.25) is 4.79 Å². The summed E-state index contributed by atoms with van der Waals surface area (Å²) in [6.45, 7) is 3.61. The highest BCUT2D eigenvalue weighted by Crippen LogP contribution is 2.24. The molecule has 3 nitrogen and oxygen atoms in total. The number of hydrogen-bond acceptors (Lipinski definition) is 3. The number of ketones is 1. The Bertz CT molecular complexity index is 374. The molecule has 0 heterocycles. The van der Waals surface area contributed by atoms with E-state index < -0.39 is 0 Å². The Hall–Kier alpha value is -1.35. The first-order valence-corrected chi connectivity index (χ1v) is 5.39. The normalized spacial score (nSPS) is 12.2. The molecule has 1 aromatic rings. The van der Waals surface area contributed by atoms with E-state index in [-0.39, 0.29) is 11.8 Å². The van der Waals surface area contributed by atoms with Crippen LogP contribution in [0, 0.1) is 6.92 Å². The third kappa shape index (κ3) is 3.07. The minimum atomic E-state index is 0.0853. The molecule has 0 bridgehead atoms. The highest BCUT2D eigenvalue weighted by atomic mass is 16.5. The van der Waals surface area contributed by atoms with Gasteiger partial charge in [0.1, 0.15) is 11.5 Å². The van der Waals surface area contributed by atoms with Gasteiger partial charge in [-0.05, 0) is 38.1 Å². The molecule has 1 atom stereocenters. The van der Waals surface area contributed by atoms with E-state index in [2.05, 4.69) is 11.4 Å². The van der Waals surface area contributed by atoms with Gasteiger partial charge in [-0.1, -0.05) is 12.1 Å². The highest BCUT2D eigenvalue weighted by Gasteiger charge is 2.12. The third-order valence-corrected chi connectivity index (χ3v) is 2.66. The number of carbonyl (C=O) groups excluding carboxylic acids is 1. The van der Waals surface area contributed by atoms with Crippen molar-refractivity contribution in [1.82, 2.24) is 5.32 Å². The van der Waals surface area contributed by atoms with E-state index in [0.29, 0.717) is 6.42 Å². The number of benzene rings is 1. The Balaban J connectivity index is 2.93. The molecule has 3 heteroatoms. The molecule has 1 N–H and O–H groups in total. The van der Waals surface area contributed by atoms with Gasteiger partial charge in [-0.25, -0.2) is 0 Å². The number of Topliss-reactive ketones (excluding diaryl/α,β-unsaturated/α-hetero) is 1. The van der Waals surface area contributed by atoms with Crippen molar-refractivity contribution in [3.8, 4) is 5.75 Å². The first kappa shape index (κ1) is 12.7. The minimum absolute atomic E-state index is 0.0853. The van der Waals surface area contributed by atoms with Crippen LogP contribution in [-0.4, -0.2) is 19.9 Å². The van der Waals surface area contributed by atoms with Gasteiger partial charge in [0.05, 0.1) is 7.11 Å². The van der Waals surface area contributed by atoms with E-state index >= 15 is 0 Å². The van der Waals surface area contributed by atoms with Crippen molar-refractivity contribution in [2.45, 2.75) is 26.3 Å². The molecule has 0 fully saturated rings. The molecule has 0 amide bonds. The fourth-order valence-electron chi connectivity index (χ4n) is 1.79. The minimum Gasteiger partial charge on any atom is -0.496 e. The van der Waals surface area contributed by atoms with Crippen LogP contribution in [0.4, 0.5) is 0 Å². The van der Waals surface area contributed by atoms with Crippen molar-refractivity contribution in [1.29, 1.82) is 0 Å². The molecule has 0 saturated heterocycles. The number of carbonyl (C=O) groups is 1. The molecule has 0 aliphatic carbocycles. The average Bonchev–Trinajstić information content (AvgIpc) is 2.25. The van der Waals surface area contributed by atoms with E-state index in [1.54, 1.807) is 14.0 Å². The van der Waals surface area contributed by atoms with Crippen molar-refractivity contribution in [3.63, 3.8) is 0 Å². The zero-order chi connectivity index (χ0) is 12.1. The van der Waals surface area contributed by atoms with Crippen LogP contribution in [0.15, 0.2) is 18.2 Å². The summed E-state index contributed by atoms with van der Waals surface area (Å²) < 4.78 is 5.21. The summed E-state index contributed by atoms with van der Waals surface area (Å²) in [5.74, 6) is 1.06. The molecule has 1 unspecified atom stereocenters. The van der Waals surface area contributed by atoms with Gasteiger partial charge in [-0.15, -0.1) is 0 Å². The molecule has 0 spiro atoms. The number of methoxy groups -OCH3 is 1. The topological polar surface area (TPSA) is 38.3 Å². The largest absolute Gasteiger partial charge is 0.496 e. The zero-order valence-electron chi connectivity index (χ0n) is 10.3. The molecule has 0 aromatic heterocycles. The predicted octanol–water partition coefficient (Wildman–Crippen LogP) is 2.24. The summed E-state index contributed by atoms with van der Waals surface area (Å²) in [7, 11) is 3.53. The standard InChI is InChI=1S/C13H19NO2/c1-9-7-11(5-6-13(9)16-4)12(14-3)8-10(2)15/h5-7,12,14H,8H2,1-4H3. The Kier molecular flexibility index (Phi) is 4.50. The van der Waals surface area contributed by atoms with Crippen molar-refractivity contribution < 1.29 is 9.53 Å². The lowest BCUT2D eigenvalue weighted by molar-refractivity contribution is -0.117. The van der Waals surface area contributed by atoms with Crippen LogP contribution in [0.5, 0.6) is 5.75 Å². The monoisotopic (exact) mass is 221 g/mol. The van der Waals surface area contributed by atoms with Gasteiger partial charge < -0.3 is 10.1 Å². The average molecular weight is 221 g/mol. The lowest BCUT2D eigenvalue weighted by atomic mass is 10.00. The van der Waals surface area contributed by atoms with Gasteiger partial charge in [0.2, 0.25) is 0 Å². The molecule has 1 rings (SSSR count). The number of ether oxygens (including phenoxy) is 1. The SMILES string of the molecule is CNC(CC(C)=O)c1ccc(OC)c(C)c1. The van der Waals surface area contributed by atoms with E-state index in [0.717, 1.165) is 16.9 Å². The van der Waals surface area contributed by atoms with Gasteiger partial charge in [-0.2, -0.15) is 0 Å². The molecule has 0 saturated carbocycles. The van der Waals surface area contributed by atoms with Crippen LogP contribution in [0.25, 0.3) is 0 Å². The molecular formula is C13H19NO2. The summed E-state index contributed by atoms with van der Waals surface area (Å²) >= 11 is 0. The van der Waals surface area contributed by atoms with Crippen LogP contribution in [-0.2, 0) is 4.79 Å². The van der Waals surface area contributed by atoms with Crippen molar-refractivity contribution in [2.75, 3.05) is 14.2 Å². The van der Waals surface area contributed by atoms with Crippen LogP contribution in [0.2, 0.25) is 0 Å². The van der Waals surface area contributed by atoms with Crippen LogP contribution < -0.4 is 10.1 Å². The van der Waals surface area contributed by atoms with Crippen LogP contribution in [0.3, 0.4) is 0 Å². The van der Waals surface area contributed by atoms with E-state index in [4.69, 9.17) is 4.74 Å². The number of hydrogen-bond donors (Lipinski definition) is 1. The van der Waals surface area contributed by atoms with E-state index in [9.17, 15) is 4.79 Å². The molecule has 0 aliphatic heterocycles. The molecule has 1 aromatic carbocycles. The van der Waals surface area contributed by atoms with Gasteiger partial charge >= 0.3 is 0 Å². The Morgan fingerprint density at radius 1 is 1.50 bits per heavy atom. The first-order valence-electron chi connectivity index (χ1n) is 5.39. The Morgan fingerprint density at radius 3 is 2.62 bits per heavy atom. The summed E-state index contributed by atoms with van der Waals surface area (Å²) in [4.78, 5) is 11.1. The highest BCUT2D eigenvalue weighted by molar-refractivity contribution is 5.76. The van der Waals surface area contributed by atoms with Gasteiger partial charge in [0.15, 0.2) is 0 Å². The molecule has 88 valence electrons. The molecular weight excluding hydrogens is 202 g/mol. The molecule has 16 heavy (non-hydrogen) atoms. The van der Waals surface area contributed by atoms with E-state index in [1.165, 1.54) is 0 Å². The second-order valence-corrected chi connectivity index (χ2v) is 3.98. The summed E-state index contributed by atoms with van der Waals surface area (Å²) in [6.07, 6.45) is 0.516. The third-order valence-electron chi connectivity index (χ3n) is 2.66. The zero-order valence-corrected chi connectivity index (χ0v) is 10.3. The second kappa shape index (κ2) is 5.66. The lowest BCUT2D eigenvalue weighted by Gasteiger charge is -2.16. The first-order chi connectivity index (χ1) is 7.58. The molecule has 0 radical (unpaired) electrons. The quantitative estimate of drug-likeness (QED) is 0.828.